The maximum absolute atomic E-state index is 6.27. The molecule has 0 aromatic heterocycles. The number of likely N-dealkylation sites (tertiary alicyclic amines) is 1. The summed E-state index contributed by atoms with van der Waals surface area (Å²) in [6, 6.07) is 5.97. The van der Waals surface area contributed by atoms with Gasteiger partial charge in [0.25, 0.3) is 0 Å². The van der Waals surface area contributed by atoms with Crippen molar-refractivity contribution in [1.82, 2.24) is 4.90 Å². The first-order chi connectivity index (χ1) is 8.71. The van der Waals surface area contributed by atoms with Crippen LogP contribution in [0.15, 0.2) is 18.2 Å². The molecule has 1 aromatic rings. The Kier molecular flexibility index (Phi) is 3.22. The van der Waals surface area contributed by atoms with Crippen LogP contribution in [-0.2, 0) is 6.42 Å². The standard InChI is InChI=1S/C14H19ClN2O/c15-12-2-1-11-3-4-14(18-13(11)9-12)5-7-17(10-14)8-6-16/h1-2,9H,3-8,10,16H2. The Balaban J connectivity index is 1.78. The van der Waals surface area contributed by atoms with Gasteiger partial charge in [-0.05, 0) is 30.5 Å². The van der Waals surface area contributed by atoms with Crippen molar-refractivity contribution in [2.45, 2.75) is 24.9 Å². The number of benzene rings is 1. The van der Waals surface area contributed by atoms with Crippen LogP contribution < -0.4 is 10.5 Å². The Bertz CT molecular complexity index is 451. The lowest BCUT2D eigenvalue weighted by atomic mass is 9.90. The molecule has 4 heteroatoms. The number of fused-ring (bicyclic) bond motifs is 1. The second-order valence-electron chi connectivity index (χ2n) is 5.35. The Morgan fingerprint density at radius 2 is 2.28 bits per heavy atom. The van der Waals surface area contributed by atoms with Crippen LogP contribution in [0.1, 0.15) is 18.4 Å². The van der Waals surface area contributed by atoms with E-state index in [-0.39, 0.29) is 5.60 Å². The van der Waals surface area contributed by atoms with Crippen molar-refractivity contribution in [3.05, 3.63) is 28.8 Å². The highest BCUT2D eigenvalue weighted by Gasteiger charge is 2.42. The molecule has 2 N–H and O–H groups in total. The van der Waals surface area contributed by atoms with Crippen LogP contribution >= 0.6 is 11.6 Å². The number of aryl methyl sites for hydroxylation is 1. The molecule has 1 spiro atoms. The molecule has 0 saturated carbocycles. The summed E-state index contributed by atoms with van der Waals surface area (Å²) in [5.41, 5.74) is 6.90. The van der Waals surface area contributed by atoms with Crippen molar-refractivity contribution < 1.29 is 4.74 Å². The molecule has 3 rings (SSSR count). The Hall–Kier alpha value is -0.770. The topological polar surface area (TPSA) is 38.5 Å². The van der Waals surface area contributed by atoms with Crippen LogP contribution in [-0.4, -0.2) is 36.7 Å². The molecule has 1 atom stereocenters. The summed E-state index contributed by atoms with van der Waals surface area (Å²) in [5, 5.41) is 0.752. The molecular weight excluding hydrogens is 248 g/mol. The van der Waals surface area contributed by atoms with Gasteiger partial charge in [0.15, 0.2) is 0 Å². The third-order valence-electron chi connectivity index (χ3n) is 4.05. The molecule has 0 radical (unpaired) electrons. The van der Waals surface area contributed by atoms with Gasteiger partial charge in [-0.3, -0.25) is 4.90 Å². The van der Waals surface area contributed by atoms with Gasteiger partial charge in [0.2, 0.25) is 0 Å². The average Bonchev–Trinajstić information content (AvgIpc) is 2.72. The van der Waals surface area contributed by atoms with E-state index in [4.69, 9.17) is 22.1 Å². The van der Waals surface area contributed by atoms with E-state index in [1.54, 1.807) is 0 Å². The first-order valence-electron chi connectivity index (χ1n) is 6.61. The van der Waals surface area contributed by atoms with Gasteiger partial charge in [-0.1, -0.05) is 17.7 Å². The molecule has 3 nitrogen and oxygen atoms in total. The van der Waals surface area contributed by atoms with Crippen molar-refractivity contribution in [3.8, 4) is 5.75 Å². The van der Waals surface area contributed by atoms with Crippen LogP contribution in [0.25, 0.3) is 0 Å². The first-order valence-corrected chi connectivity index (χ1v) is 6.98. The lowest BCUT2D eigenvalue weighted by Crippen LogP contribution is -2.42. The molecule has 1 saturated heterocycles. The molecule has 0 amide bonds. The molecule has 0 aliphatic carbocycles. The fourth-order valence-electron chi connectivity index (χ4n) is 3.06. The van der Waals surface area contributed by atoms with Crippen LogP contribution in [0.4, 0.5) is 0 Å². The summed E-state index contributed by atoms with van der Waals surface area (Å²) in [4.78, 5) is 2.40. The van der Waals surface area contributed by atoms with Gasteiger partial charge in [0.1, 0.15) is 11.4 Å². The van der Waals surface area contributed by atoms with E-state index in [1.165, 1.54) is 5.56 Å². The van der Waals surface area contributed by atoms with Gasteiger partial charge < -0.3 is 10.5 Å². The molecular formula is C14H19ClN2O. The van der Waals surface area contributed by atoms with Gasteiger partial charge in [0.05, 0.1) is 0 Å². The maximum atomic E-state index is 6.27. The Morgan fingerprint density at radius 1 is 1.39 bits per heavy atom. The third kappa shape index (κ3) is 2.22. The molecule has 98 valence electrons. The fourth-order valence-corrected chi connectivity index (χ4v) is 3.23. The predicted octanol–water partition coefficient (Wildman–Crippen LogP) is 2.07. The van der Waals surface area contributed by atoms with Crippen LogP contribution in [0, 0.1) is 0 Å². The largest absolute Gasteiger partial charge is 0.486 e. The molecule has 2 heterocycles. The second kappa shape index (κ2) is 4.72. The quantitative estimate of drug-likeness (QED) is 0.891. The maximum Gasteiger partial charge on any atom is 0.124 e. The molecule has 1 unspecified atom stereocenters. The number of hydrogen-bond donors (Lipinski definition) is 1. The molecule has 18 heavy (non-hydrogen) atoms. The van der Waals surface area contributed by atoms with Crippen LogP contribution in [0.3, 0.4) is 0 Å². The number of ether oxygens (including phenoxy) is 1. The summed E-state index contributed by atoms with van der Waals surface area (Å²) in [6.45, 7) is 3.77. The summed E-state index contributed by atoms with van der Waals surface area (Å²) in [5.74, 6) is 0.975. The van der Waals surface area contributed by atoms with Gasteiger partial charge in [0, 0.05) is 37.6 Å². The van der Waals surface area contributed by atoms with Gasteiger partial charge in [-0.15, -0.1) is 0 Å². The van der Waals surface area contributed by atoms with E-state index in [0.29, 0.717) is 0 Å². The zero-order valence-corrected chi connectivity index (χ0v) is 11.2. The fraction of sp³-hybridized carbons (Fsp3) is 0.571. The normalized spacial score (nSPS) is 27.2. The van der Waals surface area contributed by atoms with Crippen molar-refractivity contribution in [2.24, 2.45) is 5.73 Å². The number of nitrogens with two attached hydrogens (primary N) is 1. The van der Waals surface area contributed by atoms with Crippen molar-refractivity contribution >= 4 is 11.6 Å². The lowest BCUT2D eigenvalue weighted by molar-refractivity contribution is 0.0549. The van der Waals surface area contributed by atoms with Crippen molar-refractivity contribution in [3.63, 3.8) is 0 Å². The van der Waals surface area contributed by atoms with Gasteiger partial charge >= 0.3 is 0 Å². The number of nitrogens with zero attached hydrogens (tertiary/aromatic N) is 1. The van der Waals surface area contributed by atoms with Crippen molar-refractivity contribution in [1.29, 1.82) is 0 Å². The SMILES string of the molecule is NCCN1CCC2(CCc3ccc(Cl)cc3O2)C1. The highest BCUT2D eigenvalue weighted by molar-refractivity contribution is 6.30. The summed E-state index contributed by atoms with van der Waals surface area (Å²) >= 11 is 6.04. The highest BCUT2D eigenvalue weighted by Crippen LogP contribution is 2.39. The number of hydrogen-bond acceptors (Lipinski definition) is 3. The predicted molar refractivity (Wildman–Crippen MR) is 73.2 cm³/mol. The van der Waals surface area contributed by atoms with E-state index in [0.717, 1.165) is 56.2 Å². The first kappa shape index (κ1) is 12.3. The average molecular weight is 267 g/mol. The summed E-state index contributed by atoms with van der Waals surface area (Å²) < 4.78 is 6.27. The van der Waals surface area contributed by atoms with Gasteiger partial charge in [-0.25, -0.2) is 0 Å². The number of halogens is 1. The minimum absolute atomic E-state index is 0.00709. The Labute approximate surface area is 113 Å². The van der Waals surface area contributed by atoms with Crippen molar-refractivity contribution in [2.75, 3.05) is 26.2 Å². The third-order valence-corrected chi connectivity index (χ3v) is 4.28. The summed E-state index contributed by atoms with van der Waals surface area (Å²) in [6.07, 6.45) is 3.28. The van der Waals surface area contributed by atoms with E-state index in [1.807, 2.05) is 12.1 Å². The molecule has 2 aliphatic rings. The van der Waals surface area contributed by atoms with Gasteiger partial charge in [-0.2, -0.15) is 0 Å². The number of rotatable bonds is 2. The molecule has 0 bridgehead atoms. The zero-order valence-electron chi connectivity index (χ0n) is 10.5. The monoisotopic (exact) mass is 266 g/mol. The molecule has 1 aromatic carbocycles. The lowest BCUT2D eigenvalue weighted by Gasteiger charge is -2.35. The molecule has 2 aliphatic heterocycles. The van der Waals surface area contributed by atoms with Crippen LogP contribution in [0.2, 0.25) is 5.02 Å². The Morgan fingerprint density at radius 3 is 3.11 bits per heavy atom. The smallest absolute Gasteiger partial charge is 0.124 e. The molecule has 1 fully saturated rings. The minimum atomic E-state index is -0.00709. The highest BCUT2D eigenvalue weighted by atomic mass is 35.5. The summed E-state index contributed by atoms with van der Waals surface area (Å²) in [7, 11) is 0. The second-order valence-corrected chi connectivity index (χ2v) is 5.79. The van der Waals surface area contributed by atoms with E-state index in [9.17, 15) is 0 Å². The van der Waals surface area contributed by atoms with E-state index in [2.05, 4.69) is 11.0 Å². The zero-order chi connectivity index (χ0) is 12.6. The minimum Gasteiger partial charge on any atom is -0.486 e. The van der Waals surface area contributed by atoms with E-state index < -0.39 is 0 Å². The van der Waals surface area contributed by atoms with E-state index >= 15 is 0 Å². The van der Waals surface area contributed by atoms with Crippen LogP contribution in [0.5, 0.6) is 5.75 Å².